The quantitative estimate of drug-likeness (QED) is 0.621. The third-order valence-corrected chi connectivity index (χ3v) is 4.66. The van der Waals surface area contributed by atoms with Crippen LogP contribution >= 0.6 is 0 Å². The van der Waals surface area contributed by atoms with E-state index in [1.807, 2.05) is 0 Å². The van der Waals surface area contributed by atoms with Crippen LogP contribution in [0.4, 0.5) is 31.5 Å². The molecule has 3 aromatic carbocycles. The molecule has 0 radical (unpaired) electrons. The molecule has 0 fully saturated rings. The highest BCUT2D eigenvalue weighted by Gasteiger charge is 2.36. The van der Waals surface area contributed by atoms with Crippen LogP contribution < -0.4 is 10.6 Å². The fraction of sp³-hybridized carbons (Fsp3) is 0.0952. The molecule has 0 aromatic heterocycles. The predicted molar refractivity (Wildman–Crippen MR) is 103 cm³/mol. The highest BCUT2D eigenvalue weighted by Crippen LogP contribution is 2.42. The topological polar surface area (TPSA) is 64.6 Å². The van der Waals surface area contributed by atoms with Crippen molar-refractivity contribution in [3.63, 3.8) is 0 Å². The van der Waals surface area contributed by atoms with Gasteiger partial charge in [-0.15, -0.1) is 0 Å². The van der Waals surface area contributed by atoms with Crippen LogP contribution in [0.15, 0.2) is 60.7 Å². The Morgan fingerprint density at radius 2 is 1.39 bits per heavy atom. The molecule has 0 spiro atoms. The minimum absolute atomic E-state index is 0.294. The molecule has 0 bridgehead atoms. The molecule has 7 heteroatoms. The van der Waals surface area contributed by atoms with Crippen LogP contribution in [0.5, 0.6) is 0 Å². The number of halogens is 2. The van der Waals surface area contributed by atoms with E-state index in [0.29, 0.717) is 33.9 Å². The molecule has 1 atom stereocenters. The molecule has 3 N–H and O–H groups in total. The molecule has 142 valence electrons. The molecule has 4 rings (SSSR count). The zero-order valence-electron chi connectivity index (χ0n) is 14.9. The Morgan fingerprint density at radius 1 is 0.857 bits per heavy atom. The number of anilines is 4. The van der Waals surface area contributed by atoms with Crippen molar-refractivity contribution in [3.05, 3.63) is 83.4 Å². The van der Waals surface area contributed by atoms with Crippen LogP contribution in [0.1, 0.15) is 22.1 Å². The maximum Gasteiger partial charge on any atom is 0.256 e. The number of aliphatic hydroxyl groups is 1. The molecule has 1 heterocycles. The number of nitrogens with one attached hydrogen (secondary N) is 2. The van der Waals surface area contributed by atoms with Crippen molar-refractivity contribution in [2.75, 3.05) is 17.7 Å². The van der Waals surface area contributed by atoms with Crippen molar-refractivity contribution in [1.82, 2.24) is 4.90 Å². The summed E-state index contributed by atoms with van der Waals surface area (Å²) in [6.07, 6.45) is -1.12. The molecule has 1 aliphatic heterocycles. The van der Waals surface area contributed by atoms with Crippen LogP contribution in [0, 0.1) is 11.6 Å². The first-order valence-corrected chi connectivity index (χ1v) is 8.61. The summed E-state index contributed by atoms with van der Waals surface area (Å²) in [5, 5.41) is 16.9. The predicted octanol–water partition coefficient (Wildman–Crippen LogP) is 4.53. The summed E-state index contributed by atoms with van der Waals surface area (Å²) in [6, 6.07) is 14.9. The molecule has 1 aliphatic rings. The number of carbonyl (C=O) groups excluding carboxylic acids is 1. The summed E-state index contributed by atoms with van der Waals surface area (Å²) in [7, 11) is 1.52. The van der Waals surface area contributed by atoms with Crippen LogP contribution in [-0.4, -0.2) is 23.0 Å². The second-order valence-corrected chi connectivity index (χ2v) is 6.50. The van der Waals surface area contributed by atoms with Gasteiger partial charge in [0.15, 0.2) is 6.23 Å². The normalized spacial score (nSPS) is 15.5. The van der Waals surface area contributed by atoms with Crippen molar-refractivity contribution in [2.45, 2.75) is 6.23 Å². The van der Waals surface area contributed by atoms with Crippen molar-refractivity contribution < 1.29 is 18.7 Å². The third-order valence-electron chi connectivity index (χ3n) is 4.66. The van der Waals surface area contributed by atoms with Gasteiger partial charge < -0.3 is 20.6 Å². The number of aliphatic hydroxyl groups excluding tert-OH is 1. The summed E-state index contributed by atoms with van der Waals surface area (Å²) in [5.41, 5.74) is 3.09. The van der Waals surface area contributed by atoms with E-state index in [-0.39, 0.29) is 17.5 Å². The molecule has 0 aliphatic carbocycles. The first-order valence-electron chi connectivity index (χ1n) is 8.61. The maximum atomic E-state index is 13.2. The lowest BCUT2D eigenvalue weighted by atomic mass is 10.0. The molecule has 5 nitrogen and oxygen atoms in total. The Kier molecular flexibility index (Phi) is 4.44. The Bertz CT molecular complexity index is 1040. The molecule has 3 aromatic rings. The van der Waals surface area contributed by atoms with E-state index in [2.05, 4.69) is 10.6 Å². The third kappa shape index (κ3) is 3.16. The van der Waals surface area contributed by atoms with Crippen LogP contribution in [0.3, 0.4) is 0 Å². The number of benzene rings is 3. The van der Waals surface area contributed by atoms with Gasteiger partial charge in [0.1, 0.15) is 11.6 Å². The van der Waals surface area contributed by atoms with Gasteiger partial charge in [-0.3, -0.25) is 4.79 Å². The average Bonchev–Trinajstić information content (AvgIpc) is 2.91. The van der Waals surface area contributed by atoms with Gasteiger partial charge in [0.25, 0.3) is 5.91 Å². The number of carbonyl (C=O) groups is 1. The zero-order valence-corrected chi connectivity index (χ0v) is 14.9. The Morgan fingerprint density at radius 3 is 1.96 bits per heavy atom. The van der Waals surface area contributed by atoms with E-state index < -0.39 is 6.23 Å². The van der Waals surface area contributed by atoms with Gasteiger partial charge in [-0.05, 0) is 60.7 Å². The second kappa shape index (κ2) is 6.94. The average molecular weight is 381 g/mol. The Labute approximate surface area is 160 Å². The van der Waals surface area contributed by atoms with Crippen LogP contribution in [0.2, 0.25) is 0 Å². The summed E-state index contributed by atoms with van der Waals surface area (Å²) in [5.74, 6) is -1.02. The Hall–Kier alpha value is -3.45. The number of hydrogen-bond acceptors (Lipinski definition) is 4. The molecule has 0 saturated carbocycles. The lowest BCUT2D eigenvalue weighted by molar-refractivity contribution is 0.0304. The van der Waals surface area contributed by atoms with E-state index in [4.69, 9.17) is 0 Å². The van der Waals surface area contributed by atoms with Gasteiger partial charge in [-0.2, -0.15) is 0 Å². The van der Waals surface area contributed by atoms with Crippen molar-refractivity contribution in [3.8, 4) is 0 Å². The standard InChI is InChI=1S/C21H17F2N3O2/c1-26-20(27)16-10-11-17(24-14-6-2-12(22)3-7-14)19(18(16)21(26)28)25-15-8-4-13(23)5-9-15/h2-11,21,24-25,28H,1H3. The largest absolute Gasteiger partial charge is 0.369 e. The van der Waals surface area contributed by atoms with Gasteiger partial charge in [0, 0.05) is 29.5 Å². The molecular weight excluding hydrogens is 364 g/mol. The molecule has 0 saturated heterocycles. The second-order valence-electron chi connectivity index (χ2n) is 6.50. The van der Waals surface area contributed by atoms with Gasteiger partial charge in [-0.1, -0.05) is 0 Å². The SMILES string of the molecule is CN1C(=O)c2ccc(Nc3ccc(F)cc3)c(Nc3ccc(F)cc3)c2C1O. The highest BCUT2D eigenvalue weighted by molar-refractivity contribution is 6.03. The fourth-order valence-electron chi connectivity index (χ4n) is 3.17. The van der Waals surface area contributed by atoms with E-state index >= 15 is 0 Å². The maximum absolute atomic E-state index is 13.2. The van der Waals surface area contributed by atoms with E-state index in [1.165, 1.54) is 36.2 Å². The van der Waals surface area contributed by atoms with E-state index in [0.717, 1.165) is 0 Å². The van der Waals surface area contributed by atoms with Gasteiger partial charge >= 0.3 is 0 Å². The number of hydrogen-bond donors (Lipinski definition) is 3. The monoisotopic (exact) mass is 381 g/mol. The number of nitrogens with zero attached hydrogens (tertiary/aromatic N) is 1. The lowest BCUT2D eigenvalue weighted by Gasteiger charge is -2.20. The molecule has 1 amide bonds. The molecule has 1 unspecified atom stereocenters. The number of amides is 1. The summed E-state index contributed by atoms with van der Waals surface area (Å²) in [6.45, 7) is 0. The summed E-state index contributed by atoms with van der Waals surface area (Å²) >= 11 is 0. The van der Waals surface area contributed by atoms with Gasteiger partial charge in [-0.25, -0.2) is 8.78 Å². The van der Waals surface area contributed by atoms with Gasteiger partial charge in [0.2, 0.25) is 0 Å². The van der Waals surface area contributed by atoms with Crippen molar-refractivity contribution >= 4 is 28.7 Å². The van der Waals surface area contributed by atoms with Crippen molar-refractivity contribution in [2.24, 2.45) is 0 Å². The van der Waals surface area contributed by atoms with E-state index in [1.54, 1.807) is 36.4 Å². The molecule has 28 heavy (non-hydrogen) atoms. The molecular formula is C21H17F2N3O2. The summed E-state index contributed by atoms with van der Waals surface area (Å²) in [4.78, 5) is 13.6. The fourth-order valence-corrected chi connectivity index (χ4v) is 3.17. The van der Waals surface area contributed by atoms with Crippen LogP contribution in [0.25, 0.3) is 0 Å². The zero-order chi connectivity index (χ0) is 19.8. The minimum Gasteiger partial charge on any atom is -0.369 e. The Balaban J connectivity index is 1.80. The first kappa shape index (κ1) is 17.9. The highest BCUT2D eigenvalue weighted by atomic mass is 19.1. The van der Waals surface area contributed by atoms with Crippen LogP contribution in [-0.2, 0) is 0 Å². The first-order chi connectivity index (χ1) is 13.4. The smallest absolute Gasteiger partial charge is 0.256 e. The number of fused-ring (bicyclic) bond motifs is 1. The van der Waals surface area contributed by atoms with E-state index in [9.17, 15) is 18.7 Å². The number of rotatable bonds is 4. The summed E-state index contributed by atoms with van der Waals surface area (Å²) < 4.78 is 26.4. The van der Waals surface area contributed by atoms with Gasteiger partial charge in [0.05, 0.1) is 11.4 Å². The minimum atomic E-state index is -1.12. The lowest BCUT2D eigenvalue weighted by Crippen LogP contribution is -2.22. The van der Waals surface area contributed by atoms with Crippen molar-refractivity contribution in [1.29, 1.82) is 0 Å².